The number of carbonyl (C=O) groups is 1. The number of aryl methyl sites for hydroxylation is 2. The Balaban J connectivity index is 1.77. The first kappa shape index (κ1) is 20.1. The van der Waals surface area contributed by atoms with E-state index < -0.39 is 11.9 Å². The van der Waals surface area contributed by atoms with Gasteiger partial charge in [-0.2, -0.15) is 0 Å². The van der Waals surface area contributed by atoms with Crippen molar-refractivity contribution in [1.82, 2.24) is 10.2 Å². The molecule has 1 aliphatic rings. The summed E-state index contributed by atoms with van der Waals surface area (Å²) in [6.07, 6.45) is 1.65. The number of aromatic nitrogens is 2. The van der Waals surface area contributed by atoms with Gasteiger partial charge in [0, 0.05) is 0 Å². The van der Waals surface area contributed by atoms with Crippen LogP contribution in [-0.2, 0) is 0 Å². The number of ether oxygens (including phenoxy) is 1. The average Bonchev–Trinajstić information content (AvgIpc) is 3.41. The number of hydrogen-bond donors (Lipinski definition) is 0. The van der Waals surface area contributed by atoms with Crippen molar-refractivity contribution in [3.8, 4) is 5.75 Å². The summed E-state index contributed by atoms with van der Waals surface area (Å²) in [6.45, 7) is 7.89. The van der Waals surface area contributed by atoms with Crippen LogP contribution < -0.4 is 15.1 Å². The first-order chi connectivity index (χ1) is 15.5. The molecule has 2 aromatic heterocycles. The first-order valence-corrected chi connectivity index (χ1v) is 10.9. The molecule has 1 unspecified atom stereocenters. The SMILES string of the molecule is C=CCOc1cccc(C2c3c(oc4cc(C)c(C)cc4c3=O)C(=O)N2c2nncs2)c1. The Hall–Kier alpha value is -3.78. The van der Waals surface area contributed by atoms with E-state index in [0.717, 1.165) is 11.1 Å². The molecule has 3 heterocycles. The van der Waals surface area contributed by atoms with Gasteiger partial charge in [0.1, 0.15) is 23.4 Å². The lowest BCUT2D eigenvalue weighted by Gasteiger charge is -2.22. The standard InChI is InChI=1S/C24H19N3O4S/c1-4-8-30-16-7-5-6-15(11-16)20-19-21(28)17-9-13(2)14(3)10-18(17)31-22(19)23(29)27(20)24-26-25-12-32-24/h4-7,9-12,20H,1,8H2,2-3H3. The maximum Gasteiger partial charge on any atom is 0.297 e. The number of hydrogen-bond acceptors (Lipinski definition) is 7. The lowest BCUT2D eigenvalue weighted by Crippen LogP contribution is -2.29. The molecule has 0 bridgehead atoms. The molecule has 1 aliphatic heterocycles. The molecule has 0 saturated heterocycles. The van der Waals surface area contributed by atoms with Crippen molar-refractivity contribution >= 4 is 33.3 Å². The third-order valence-corrected chi connectivity index (χ3v) is 6.27. The highest BCUT2D eigenvalue weighted by Gasteiger charge is 2.45. The third-order valence-electron chi connectivity index (χ3n) is 5.58. The Labute approximate surface area is 187 Å². The van der Waals surface area contributed by atoms with Gasteiger partial charge in [-0.1, -0.05) is 36.1 Å². The lowest BCUT2D eigenvalue weighted by atomic mass is 9.97. The second kappa shape index (κ2) is 7.72. The Bertz CT molecular complexity index is 1430. The molecule has 8 heteroatoms. The molecule has 2 aromatic carbocycles. The molecule has 1 atom stereocenters. The number of fused-ring (bicyclic) bond motifs is 2. The molecule has 32 heavy (non-hydrogen) atoms. The fourth-order valence-electron chi connectivity index (χ4n) is 3.94. The van der Waals surface area contributed by atoms with Gasteiger partial charge in [0.05, 0.1) is 17.0 Å². The molecule has 0 aliphatic carbocycles. The summed E-state index contributed by atoms with van der Waals surface area (Å²) in [7, 11) is 0. The van der Waals surface area contributed by atoms with Gasteiger partial charge in [0.15, 0.2) is 5.43 Å². The van der Waals surface area contributed by atoms with Gasteiger partial charge in [-0.15, -0.1) is 10.2 Å². The highest BCUT2D eigenvalue weighted by Crippen LogP contribution is 2.42. The van der Waals surface area contributed by atoms with Gasteiger partial charge in [0.2, 0.25) is 10.9 Å². The second-order valence-corrected chi connectivity index (χ2v) is 8.39. The zero-order valence-electron chi connectivity index (χ0n) is 17.5. The van der Waals surface area contributed by atoms with E-state index >= 15 is 0 Å². The highest BCUT2D eigenvalue weighted by molar-refractivity contribution is 7.13. The van der Waals surface area contributed by atoms with Crippen LogP contribution in [0.1, 0.15) is 38.9 Å². The zero-order chi connectivity index (χ0) is 22.4. The molecule has 4 aromatic rings. The summed E-state index contributed by atoms with van der Waals surface area (Å²) in [5, 5.41) is 8.81. The summed E-state index contributed by atoms with van der Waals surface area (Å²) in [6, 6.07) is 10.2. The fraction of sp³-hybridized carbons (Fsp3) is 0.167. The molecule has 5 rings (SSSR count). The molecule has 7 nitrogen and oxygen atoms in total. The summed E-state index contributed by atoms with van der Waals surface area (Å²) < 4.78 is 11.7. The minimum absolute atomic E-state index is 0.0309. The predicted octanol–water partition coefficient (Wildman–Crippen LogP) is 4.58. The van der Waals surface area contributed by atoms with Crippen molar-refractivity contribution in [3.63, 3.8) is 0 Å². The monoisotopic (exact) mass is 445 g/mol. The molecule has 0 fully saturated rings. The van der Waals surface area contributed by atoms with Crippen LogP contribution in [0.4, 0.5) is 5.13 Å². The van der Waals surface area contributed by atoms with Crippen LogP contribution in [0.25, 0.3) is 11.0 Å². The van der Waals surface area contributed by atoms with E-state index in [2.05, 4.69) is 16.8 Å². The first-order valence-electron chi connectivity index (χ1n) is 10.0. The lowest BCUT2D eigenvalue weighted by molar-refractivity contribution is 0.0970. The topological polar surface area (TPSA) is 85.5 Å². The van der Waals surface area contributed by atoms with Crippen LogP contribution in [0.15, 0.2) is 63.8 Å². The summed E-state index contributed by atoms with van der Waals surface area (Å²) >= 11 is 1.22. The summed E-state index contributed by atoms with van der Waals surface area (Å²) in [4.78, 5) is 28.6. The maximum atomic E-state index is 13.7. The minimum atomic E-state index is -0.708. The predicted molar refractivity (Wildman–Crippen MR) is 123 cm³/mol. The van der Waals surface area contributed by atoms with Crippen LogP contribution in [0.2, 0.25) is 0 Å². The Kier molecular flexibility index (Phi) is 4.86. The molecule has 1 amide bonds. The molecular weight excluding hydrogens is 426 g/mol. The van der Waals surface area contributed by atoms with E-state index in [1.807, 2.05) is 44.2 Å². The van der Waals surface area contributed by atoms with Gasteiger partial charge in [0.25, 0.3) is 5.91 Å². The summed E-state index contributed by atoms with van der Waals surface area (Å²) in [5.74, 6) is 0.219. The van der Waals surface area contributed by atoms with Crippen molar-refractivity contribution in [1.29, 1.82) is 0 Å². The smallest absolute Gasteiger partial charge is 0.297 e. The molecule has 0 N–H and O–H groups in total. The number of anilines is 1. The maximum absolute atomic E-state index is 13.7. The van der Waals surface area contributed by atoms with Gasteiger partial charge in [-0.3, -0.25) is 14.5 Å². The number of benzene rings is 2. The quantitative estimate of drug-likeness (QED) is 0.418. The Morgan fingerprint density at radius 3 is 2.78 bits per heavy atom. The second-order valence-electron chi connectivity index (χ2n) is 7.58. The minimum Gasteiger partial charge on any atom is -0.490 e. The van der Waals surface area contributed by atoms with E-state index in [0.29, 0.717) is 39.6 Å². The molecule has 0 saturated carbocycles. The fourth-order valence-corrected chi connectivity index (χ4v) is 4.53. The van der Waals surface area contributed by atoms with Crippen molar-refractivity contribution in [2.45, 2.75) is 19.9 Å². The number of nitrogens with zero attached hydrogens (tertiary/aromatic N) is 3. The van der Waals surface area contributed by atoms with E-state index in [1.54, 1.807) is 17.7 Å². The van der Waals surface area contributed by atoms with Gasteiger partial charge in [-0.25, -0.2) is 0 Å². The van der Waals surface area contributed by atoms with E-state index in [-0.39, 0.29) is 11.2 Å². The normalized spacial score (nSPS) is 15.2. The largest absolute Gasteiger partial charge is 0.490 e. The van der Waals surface area contributed by atoms with Crippen LogP contribution in [0.5, 0.6) is 5.75 Å². The molecule has 0 radical (unpaired) electrons. The number of amides is 1. The number of carbonyl (C=O) groups excluding carboxylic acids is 1. The van der Waals surface area contributed by atoms with E-state index in [9.17, 15) is 9.59 Å². The van der Waals surface area contributed by atoms with Gasteiger partial charge < -0.3 is 9.15 Å². The summed E-state index contributed by atoms with van der Waals surface area (Å²) in [5.41, 5.74) is 4.68. The third kappa shape index (κ3) is 3.11. The van der Waals surface area contributed by atoms with Crippen molar-refractivity contribution in [3.05, 3.63) is 92.8 Å². The van der Waals surface area contributed by atoms with Crippen molar-refractivity contribution < 1.29 is 13.9 Å². The average molecular weight is 446 g/mol. The van der Waals surface area contributed by atoms with Crippen LogP contribution in [-0.4, -0.2) is 22.7 Å². The van der Waals surface area contributed by atoms with Gasteiger partial charge >= 0.3 is 0 Å². The van der Waals surface area contributed by atoms with Crippen molar-refractivity contribution in [2.24, 2.45) is 0 Å². The van der Waals surface area contributed by atoms with E-state index in [4.69, 9.17) is 9.15 Å². The highest BCUT2D eigenvalue weighted by atomic mass is 32.1. The van der Waals surface area contributed by atoms with Crippen LogP contribution >= 0.6 is 11.3 Å². The molecule has 160 valence electrons. The van der Waals surface area contributed by atoms with Crippen LogP contribution in [0, 0.1) is 13.8 Å². The van der Waals surface area contributed by atoms with Crippen molar-refractivity contribution in [2.75, 3.05) is 11.5 Å². The van der Waals surface area contributed by atoms with Gasteiger partial charge in [-0.05, 0) is 54.8 Å². The number of rotatable bonds is 5. The molecular formula is C24H19N3O4S. The van der Waals surface area contributed by atoms with Crippen LogP contribution in [0.3, 0.4) is 0 Å². The Morgan fingerprint density at radius 2 is 2.03 bits per heavy atom. The van der Waals surface area contributed by atoms with E-state index in [1.165, 1.54) is 16.2 Å². The zero-order valence-corrected chi connectivity index (χ0v) is 18.3. The molecule has 0 spiro atoms. The Morgan fingerprint density at radius 1 is 1.22 bits per heavy atom.